The topological polar surface area (TPSA) is 46.8 Å². The molecule has 1 aliphatic carbocycles. The zero-order valence-electron chi connectivity index (χ0n) is 12.3. The van der Waals surface area contributed by atoms with Gasteiger partial charge in [0.25, 0.3) is 0 Å². The number of benzene rings is 1. The fourth-order valence-corrected chi connectivity index (χ4v) is 3.31. The molecule has 1 aliphatic heterocycles. The minimum atomic E-state index is 0.479. The average molecular weight is 291 g/mol. The lowest BCUT2D eigenvalue weighted by atomic mass is 10.1. The van der Waals surface area contributed by atoms with Crippen molar-refractivity contribution in [3.8, 4) is 0 Å². The highest BCUT2D eigenvalue weighted by atomic mass is 15.3. The van der Waals surface area contributed by atoms with Crippen molar-refractivity contribution < 1.29 is 0 Å². The van der Waals surface area contributed by atoms with Crippen LogP contribution in [0.4, 0.5) is 5.95 Å². The molecule has 0 unspecified atom stereocenters. The lowest BCUT2D eigenvalue weighted by Crippen LogP contribution is -2.49. The van der Waals surface area contributed by atoms with Gasteiger partial charge in [-0.2, -0.15) is 0 Å². The second kappa shape index (κ2) is 4.53. The van der Waals surface area contributed by atoms with E-state index in [0.29, 0.717) is 12.0 Å². The van der Waals surface area contributed by atoms with Crippen LogP contribution in [-0.4, -0.2) is 32.6 Å². The van der Waals surface area contributed by atoms with Crippen LogP contribution in [-0.2, 0) is 0 Å². The molecule has 5 heteroatoms. The first-order valence-corrected chi connectivity index (χ1v) is 7.89. The van der Waals surface area contributed by atoms with Gasteiger partial charge in [-0.3, -0.25) is 0 Å². The number of imidazole rings is 1. The van der Waals surface area contributed by atoms with E-state index in [1.165, 1.54) is 24.2 Å². The predicted molar refractivity (Wildman–Crippen MR) is 85.0 cm³/mol. The summed E-state index contributed by atoms with van der Waals surface area (Å²) in [4.78, 5) is 15.8. The molecule has 2 aliphatic rings. The van der Waals surface area contributed by atoms with E-state index in [1.54, 1.807) is 12.4 Å². The number of fused-ring (bicyclic) bond motifs is 1. The van der Waals surface area contributed by atoms with Crippen LogP contribution in [0, 0.1) is 0 Å². The van der Waals surface area contributed by atoms with Crippen LogP contribution in [0.3, 0.4) is 0 Å². The summed E-state index contributed by atoms with van der Waals surface area (Å²) in [5.41, 5.74) is 2.39. The molecule has 5 nitrogen and oxygen atoms in total. The standard InChI is InChI=1S/C17H17N5/c1-2-5-15-14(4-1)20-16(12-6-7-12)22(15)13-10-21(11-13)17-18-8-3-9-19-17/h1-5,8-9,12-13H,6-7,10-11H2. The third kappa shape index (κ3) is 1.81. The SMILES string of the molecule is c1cnc(N2CC(n3c(C4CC4)nc4ccccc43)C2)nc1. The predicted octanol–water partition coefficient (Wildman–Crippen LogP) is 2.77. The molecule has 2 fully saturated rings. The quantitative estimate of drug-likeness (QED) is 0.744. The van der Waals surface area contributed by atoms with Crippen molar-refractivity contribution in [2.45, 2.75) is 24.8 Å². The summed E-state index contributed by atoms with van der Waals surface area (Å²) in [7, 11) is 0. The molecule has 0 bridgehead atoms. The van der Waals surface area contributed by atoms with Gasteiger partial charge in [0.1, 0.15) is 5.82 Å². The Morgan fingerprint density at radius 1 is 0.955 bits per heavy atom. The molecule has 0 amide bonds. The molecular formula is C17H17N5. The number of nitrogens with zero attached hydrogens (tertiary/aromatic N) is 5. The van der Waals surface area contributed by atoms with Crippen LogP contribution in [0.15, 0.2) is 42.7 Å². The Morgan fingerprint density at radius 3 is 2.50 bits per heavy atom. The zero-order valence-corrected chi connectivity index (χ0v) is 12.3. The maximum atomic E-state index is 4.89. The monoisotopic (exact) mass is 291 g/mol. The second-order valence-electron chi connectivity index (χ2n) is 6.21. The van der Waals surface area contributed by atoms with Crippen molar-refractivity contribution in [3.05, 3.63) is 48.5 Å². The first-order chi connectivity index (χ1) is 10.9. The third-order valence-electron chi connectivity index (χ3n) is 4.63. The first kappa shape index (κ1) is 12.1. The Hall–Kier alpha value is -2.43. The number of anilines is 1. The maximum absolute atomic E-state index is 4.89. The van der Waals surface area contributed by atoms with Crippen LogP contribution >= 0.6 is 0 Å². The third-order valence-corrected chi connectivity index (χ3v) is 4.63. The van der Waals surface area contributed by atoms with Gasteiger partial charge in [0.2, 0.25) is 5.95 Å². The first-order valence-electron chi connectivity index (χ1n) is 7.89. The Balaban J connectivity index is 1.49. The fraction of sp³-hybridized carbons (Fsp3) is 0.353. The van der Waals surface area contributed by atoms with Crippen LogP contribution < -0.4 is 4.90 Å². The lowest BCUT2D eigenvalue weighted by Gasteiger charge is -2.40. The summed E-state index contributed by atoms with van der Waals surface area (Å²) < 4.78 is 2.46. The zero-order chi connectivity index (χ0) is 14.5. The summed E-state index contributed by atoms with van der Waals surface area (Å²) in [6.45, 7) is 1.92. The number of hydrogen-bond donors (Lipinski definition) is 0. The van der Waals surface area contributed by atoms with Crippen molar-refractivity contribution >= 4 is 17.0 Å². The van der Waals surface area contributed by atoms with Gasteiger partial charge in [-0.05, 0) is 31.0 Å². The molecule has 3 aromatic rings. The molecule has 110 valence electrons. The van der Waals surface area contributed by atoms with Gasteiger partial charge >= 0.3 is 0 Å². The molecule has 0 spiro atoms. The Morgan fingerprint density at radius 2 is 1.73 bits per heavy atom. The minimum Gasteiger partial charge on any atom is -0.337 e. The van der Waals surface area contributed by atoms with E-state index in [0.717, 1.165) is 24.6 Å². The van der Waals surface area contributed by atoms with Gasteiger partial charge < -0.3 is 9.47 Å². The van der Waals surface area contributed by atoms with E-state index >= 15 is 0 Å². The molecule has 22 heavy (non-hydrogen) atoms. The van der Waals surface area contributed by atoms with Gasteiger partial charge in [0.05, 0.1) is 17.1 Å². The molecule has 0 radical (unpaired) electrons. The summed E-state index contributed by atoms with van der Waals surface area (Å²) in [5.74, 6) is 2.77. The summed E-state index contributed by atoms with van der Waals surface area (Å²) in [6, 6.07) is 10.8. The molecule has 1 saturated heterocycles. The van der Waals surface area contributed by atoms with Crippen LogP contribution in [0.2, 0.25) is 0 Å². The van der Waals surface area contributed by atoms with Crippen LogP contribution in [0.1, 0.15) is 30.6 Å². The molecule has 1 aromatic carbocycles. The normalized spacial score (nSPS) is 18.6. The van der Waals surface area contributed by atoms with E-state index in [9.17, 15) is 0 Å². The van der Waals surface area contributed by atoms with Crippen molar-refractivity contribution in [2.24, 2.45) is 0 Å². The van der Waals surface area contributed by atoms with E-state index in [4.69, 9.17) is 4.98 Å². The molecule has 2 aromatic heterocycles. The summed E-state index contributed by atoms with van der Waals surface area (Å²) >= 11 is 0. The fourth-order valence-electron chi connectivity index (χ4n) is 3.31. The van der Waals surface area contributed by atoms with E-state index in [1.807, 2.05) is 6.07 Å². The molecule has 3 heterocycles. The Labute approximate surface area is 128 Å². The molecular weight excluding hydrogens is 274 g/mol. The molecule has 0 atom stereocenters. The highest BCUT2D eigenvalue weighted by Gasteiger charge is 2.36. The molecule has 5 rings (SSSR count). The maximum Gasteiger partial charge on any atom is 0.225 e. The Kier molecular flexibility index (Phi) is 2.50. The molecule has 0 N–H and O–H groups in total. The number of aromatic nitrogens is 4. The van der Waals surface area contributed by atoms with Gasteiger partial charge in [-0.15, -0.1) is 0 Å². The smallest absolute Gasteiger partial charge is 0.225 e. The van der Waals surface area contributed by atoms with E-state index in [-0.39, 0.29) is 0 Å². The van der Waals surface area contributed by atoms with Crippen molar-refractivity contribution in [3.63, 3.8) is 0 Å². The number of hydrogen-bond acceptors (Lipinski definition) is 4. The van der Waals surface area contributed by atoms with Crippen molar-refractivity contribution in [1.82, 2.24) is 19.5 Å². The Bertz CT molecular complexity index is 815. The van der Waals surface area contributed by atoms with Crippen molar-refractivity contribution in [2.75, 3.05) is 18.0 Å². The number of rotatable bonds is 3. The summed E-state index contributed by atoms with van der Waals surface area (Å²) in [5, 5.41) is 0. The minimum absolute atomic E-state index is 0.479. The van der Waals surface area contributed by atoms with Crippen LogP contribution in [0.5, 0.6) is 0 Å². The van der Waals surface area contributed by atoms with E-state index in [2.05, 4.69) is 43.7 Å². The molecule has 1 saturated carbocycles. The highest BCUT2D eigenvalue weighted by Crippen LogP contribution is 2.43. The van der Waals surface area contributed by atoms with Gasteiger partial charge in [-0.1, -0.05) is 12.1 Å². The summed E-state index contributed by atoms with van der Waals surface area (Å²) in [6.07, 6.45) is 6.17. The van der Waals surface area contributed by atoms with Gasteiger partial charge in [0.15, 0.2) is 0 Å². The van der Waals surface area contributed by atoms with Crippen LogP contribution in [0.25, 0.3) is 11.0 Å². The lowest BCUT2D eigenvalue weighted by molar-refractivity contribution is 0.392. The second-order valence-corrected chi connectivity index (χ2v) is 6.21. The van der Waals surface area contributed by atoms with Gasteiger partial charge in [0, 0.05) is 31.4 Å². The van der Waals surface area contributed by atoms with E-state index < -0.39 is 0 Å². The average Bonchev–Trinajstić information content (AvgIpc) is 3.30. The van der Waals surface area contributed by atoms with Crippen molar-refractivity contribution in [1.29, 1.82) is 0 Å². The highest BCUT2D eigenvalue weighted by molar-refractivity contribution is 5.76. The largest absolute Gasteiger partial charge is 0.337 e. The van der Waals surface area contributed by atoms with Gasteiger partial charge in [-0.25, -0.2) is 15.0 Å². The number of para-hydroxylation sites is 2.